The van der Waals surface area contributed by atoms with Gasteiger partial charge in [0.2, 0.25) is 0 Å². The second-order valence-corrected chi connectivity index (χ2v) is 13.9. The Bertz CT molecular complexity index is 1690. The lowest BCUT2D eigenvalue weighted by Gasteiger charge is -2.41. The van der Waals surface area contributed by atoms with Crippen molar-refractivity contribution in [1.82, 2.24) is 20.4 Å². The molecule has 2 atom stereocenters. The van der Waals surface area contributed by atoms with Crippen LogP contribution in [0.3, 0.4) is 0 Å². The smallest absolute Gasteiger partial charge is 0.331 e. The van der Waals surface area contributed by atoms with Gasteiger partial charge >= 0.3 is 6.18 Å². The zero-order valence-electron chi connectivity index (χ0n) is 25.7. The van der Waals surface area contributed by atoms with Crippen molar-refractivity contribution >= 4 is 34.7 Å². The van der Waals surface area contributed by atoms with Crippen LogP contribution >= 0.6 is 23.2 Å². The Hall–Kier alpha value is -2.95. The third-order valence-corrected chi connectivity index (χ3v) is 10.5. The van der Waals surface area contributed by atoms with E-state index in [4.69, 9.17) is 23.2 Å². The summed E-state index contributed by atoms with van der Waals surface area (Å²) in [6, 6.07) is 16.9. The number of benzene rings is 3. The summed E-state index contributed by atoms with van der Waals surface area (Å²) in [7, 11) is 0. The molecule has 3 fully saturated rings. The highest BCUT2D eigenvalue weighted by Gasteiger charge is 2.41. The van der Waals surface area contributed by atoms with Crippen molar-refractivity contribution in [3.63, 3.8) is 0 Å². The molecule has 1 saturated heterocycles. The Morgan fingerprint density at radius 2 is 1.60 bits per heavy atom. The van der Waals surface area contributed by atoms with E-state index in [0.29, 0.717) is 36.1 Å². The lowest BCUT2D eigenvalue weighted by Crippen LogP contribution is -2.60. The molecule has 2 bridgehead atoms. The van der Waals surface area contributed by atoms with Crippen LogP contribution in [0.5, 0.6) is 0 Å². The van der Waals surface area contributed by atoms with E-state index in [1.165, 1.54) is 0 Å². The normalized spacial score (nSPS) is 21.3. The van der Waals surface area contributed by atoms with Crippen molar-refractivity contribution < 1.29 is 22.4 Å². The fourth-order valence-corrected chi connectivity index (χ4v) is 7.37. The van der Waals surface area contributed by atoms with E-state index >= 15 is 0 Å². The maximum Gasteiger partial charge on any atom is 0.416 e. The van der Waals surface area contributed by atoms with Gasteiger partial charge in [-0.2, -0.15) is 13.2 Å². The highest BCUT2D eigenvalue weighted by atomic mass is 35.5. The average Bonchev–Trinajstić information content (AvgIpc) is 3.96. The molecule has 3 aromatic rings. The van der Waals surface area contributed by atoms with Crippen LogP contribution in [-0.4, -0.2) is 53.0 Å². The van der Waals surface area contributed by atoms with Gasteiger partial charge in [0, 0.05) is 62.0 Å². The molecule has 0 aromatic heterocycles. The molecule has 5 nitrogen and oxygen atoms in total. The number of nitrogens with zero attached hydrogens (tertiary/aromatic N) is 2. The van der Waals surface area contributed by atoms with Gasteiger partial charge in [-0.1, -0.05) is 65.7 Å². The molecule has 47 heavy (non-hydrogen) atoms. The summed E-state index contributed by atoms with van der Waals surface area (Å²) in [5, 5.41) is 8.04. The van der Waals surface area contributed by atoms with Crippen molar-refractivity contribution in [2.45, 2.75) is 82.1 Å². The summed E-state index contributed by atoms with van der Waals surface area (Å²) in [6.45, 7) is 2.09. The first kappa shape index (κ1) is 32.6. The second kappa shape index (κ2) is 13.2. The molecule has 0 unspecified atom stereocenters. The van der Waals surface area contributed by atoms with E-state index in [9.17, 15) is 22.4 Å². The van der Waals surface area contributed by atoms with Gasteiger partial charge in [0.25, 0.3) is 5.91 Å². The first-order valence-corrected chi connectivity index (χ1v) is 16.9. The Kier molecular flexibility index (Phi) is 9.13. The van der Waals surface area contributed by atoms with E-state index in [1.807, 2.05) is 46.2 Å². The standard InChI is InChI=1S/C36H36Cl2F4N4O/c37-30-5-1-3-23(34(30)38)19-46(26-13-14-26)35(47)33-27(15-24-16-43-17-32(33)44-24)22-9-7-21(8-10-22)18-45(25-11-12-25)20-28-29(36(40,41)42)4-2-6-31(28)39/h1-10,24-26,32,43-44H,11-20H2/t24-,32+/m0/s1. The van der Waals surface area contributed by atoms with Gasteiger partial charge in [0.05, 0.1) is 21.7 Å². The number of amides is 1. The van der Waals surface area contributed by atoms with E-state index in [2.05, 4.69) is 10.6 Å². The SMILES string of the molecule is O=C(C1=C(c2ccc(CN(Cc3c(F)cccc3C(F)(F)F)C3CC3)cc2)C[C@H]2CNC[C@H]1N2)N(Cc1cccc(Cl)c1Cl)C1CC1. The van der Waals surface area contributed by atoms with Crippen LogP contribution in [0.2, 0.25) is 10.0 Å². The van der Waals surface area contributed by atoms with Crippen molar-refractivity contribution in [1.29, 1.82) is 0 Å². The van der Waals surface area contributed by atoms with E-state index in [-0.39, 0.29) is 42.2 Å². The summed E-state index contributed by atoms with van der Waals surface area (Å²) in [5.74, 6) is -0.846. The largest absolute Gasteiger partial charge is 0.416 e. The predicted octanol–water partition coefficient (Wildman–Crippen LogP) is 7.59. The first-order chi connectivity index (χ1) is 22.6. The number of carbonyl (C=O) groups excluding carboxylic acids is 1. The van der Waals surface area contributed by atoms with Gasteiger partial charge in [0.15, 0.2) is 0 Å². The minimum atomic E-state index is -4.63. The van der Waals surface area contributed by atoms with E-state index < -0.39 is 17.6 Å². The fourth-order valence-electron chi connectivity index (χ4n) is 6.99. The third-order valence-electron chi connectivity index (χ3n) is 9.69. The topological polar surface area (TPSA) is 47.6 Å². The number of piperazine rings is 1. The van der Waals surface area contributed by atoms with Gasteiger partial charge in [-0.15, -0.1) is 0 Å². The number of nitrogens with one attached hydrogen (secondary N) is 2. The Balaban J connectivity index is 1.16. The summed E-state index contributed by atoms with van der Waals surface area (Å²) in [4.78, 5) is 18.3. The second-order valence-electron chi connectivity index (χ2n) is 13.1. The quantitative estimate of drug-likeness (QED) is 0.216. The lowest BCUT2D eigenvalue weighted by molar-refractivity contribution is -0.138. The summed E-state index contributed by atoms with van der Waals surface area (Å²) >= 11 is 12.8. The molecular formula is C36H36Cl2F4N4O. The molecule has 7 rings (SSSR count). The summed E-state index contributed by atoms with van der Waals surface area (Å²) in [5.41, 5.74) is 3.22. The van der Waals surface area contributed by atoms with Crippen LogP contribution in [0.1, 0.15) is 59.9 Å². The fraction of sp³-hybridized carbons (Fsp3) is 0.417. The summed E-state index contributed by atoms with van der Waals surface area (Å²) in [6.07, 6.45) is -0.330. The van der Waals surface area contributed by atoms with Gasteiger partial charge in [-0.05, 0) is 72.6 Å². The molecule has 3 aromatic carbocycles. The van der Waals surface area contributed by atoms with Crippen molar-refractivity contribution in [3.8, 4) is 0 Å². The van der Waals surface area contributed by atoms with Crippen LogP contribution in [-0.2, 0) is 30.6 Å². The Morgan fingerprint density at radius 1 is 0.872 bits per heavy atom. The number of rotatable bonds is 10. The van der Waals surface area contributed by atoms with Crippen LogP contribution < -0.4 is 10.6 Å². The highest BCUT2D eigenvalue weighted by Crippen LogP contribution is 2.39. The zero-order valence-corrected chi connectivity index (χ0v) is 27.2. The minimum absolute atomic E-state index is 0.00691. The van der Waals surface area contributed by atoms with Gasteiger partial charge in [-0.25, -0.2) is 4.39 Å². The lowest BCUT2D eigenvalue weighted by atomic mass is 9.83. The van der Waals surface area contributed by atoms with Gasteiger partial charge < -0.3 is 15.5 Å². The van der Waals surface area contributed by atoms with Crippen LogP contribution in [0, 0.1) is 5.82 Å². The highest BCUT2D eigenvalue weighted by molar-refractivity contribution is 6.42. The minimum Gasteiger partial charge on any atom is -0.331 e. The van der Waals surface area contributed by atoms with Crippen molar-refractivity contribution in [3.05, 3.63) is 110 Å². The number of fused-ring (bicyclic) bond motifs is 2. The molecule has 11 heteroatoms. The number of hydrogen-bond acceptors (Lipinski definition) is 4. The average molecular weight is 688 g/mol. The molecule has 2 aliphatic heterocycles. The molecule has 2 aliphatic carbocycles. The van der Waals surface area contributed by atoms with Gasteiger partial charge in [0.1, 0.15) is 5.82 Å². The monoisotopic (exact) mass is 686 g/mol. The number of alkyl halides is 3. The van der Waals surface area contributed by atoms with E-state index in [1.54, 1.807) is 6.07 Å². The third kappa shape index (κ3) is 7.10. The molecule has 2 saturated carbocycles. The Morgan fingerprint density at radius 3 is 2.30 bits per heavy atom. The zero-order chi connectivity index (χ0) is 32.9. The van der Waals surface area contributed by atoms with Crippen molar-refractivity contribution in [2.24, 2.45) is 0 Å². The number of halogens is 6. The molecule has 1 amide bonds. The van der Waals surface area contributed by atoms with E-state index in [0.717, 1.165) is 78.3 Å². The molecule has 0 spiro atoms. The predicted molar refractivity (Wildman–Crippen MR) is 175 cm³/mol. The molecule has 248 valence electrons. The van der Waals surface area contributed by atoms with Crippen LogP contribution in [0.25, 0.3) is 5.57 Å². The number of hydrogen-bond donors (Lipinski definition) is 2. The van der Waals surface area contributed by atoms with Crippen LogP contribution in [0.15, 0.2) is 66.2 Å². The summed E-state index contributed by atoms with van der Waals surface area (Å²) < 4.78 is 55.9. The molecular weight excluding hydrogens is 651 g/mol. The molecule has 2 N–H and O–H groups in total. The maximum absolute atomic E-state index is 14.7. The maximum atomic E-state index is 14.7. The molecule has 2 heterocycles. The molecule has 4 aliphatic rings. The Labute approximate surface area is 281 Å². The number of carbonyl (C=O) groups is 1. The van der Waals surface area contributed by atoms with Gasteiger partial charge in [-0.3, -0.25) is 9.69 Å². The van der Waals surface area contributed by atoms with Crippen LogP contribution in [0.4, 0.5) is 17.6 Å². The molecule has 0 radical (unpaired) electrons. The van der Waals surface area contributed by atoms with Crippen molar-refractivity contribution in [2.75, 3.05) is 13.1 Å². The first-order valence-electron chi connectivity index (χ1n) is 16.2.